The predicted molar refractivity (Wildman–Crippen MR) is 86.4 cm³/mol. The molecule has 0 bridgehead atoms. The molecule has 6 nitrogen and oxygen atoms in total. The Morgan fingerprint density at radius 3 is 2.55 bits per heavy atom. The van der Waals surface area contributed by atoms with Crippen LogP contribution in [0, 0.1) is 0 Å². The maximum Gasteiger partial charge on any atom is 0.324 e. The number of hydrogen-bond acceptors (Lipinski definition) is 3. The summed E-state index contributed by atoms with van der Waals surface area (Å²) in [7, 11) is 1.78. The molecule has 0 spiro atoms. The molecule has 0 aliphatic rings. The van der Waals surface area contributed by atoms with E-state index in [1.54, 1.807) is 36.0 Å². The van der Waals surface area contributed by atoms with Gasteiger partial charge in [-0.2, -0.15) is 5.10 Å². The van der Waals surface area contributed by atoms with Crippen molar-refractivity contribution >= 4 is 23.8 Å². The minimum atomic E-state index is -0.383. The Kier molecular flexibility index (Phi) is 4.30. The van der Waals surface area contributed by atoms with Gasteiger partial charge in [-0.25, -0.2) is 4.79 Å². The molecule has 0 unspecified atom stereocenters. The molecule has 22 heavy (non-hydrogen) atoms. The van der Waals surface area contributed by atoms with E-state index in [0.29, 0.717) is 17.1 Å². The summed E-state index contributed by atoms with van der Waals surface area (Å²) in [6.07, 6.45) is 0.736. The fourth-order valence-electron chi connectivity index (χ4n) is 1.92. The number of rotatable bonds is 3. The molecule has 0 saturated carbocycles. The quantitative estimate of drug-likeness (QED) is 0.855. The first-order valence-corrected chi connectivity index (χ1v) is 6.97. The number of aromatic nitrogens is 2. The van der Waals surface area contributed by atoms with Gasteiger partial charge < -0.3 is 5.32 Å². The van der Waals surface area contributed by atoms with Crippen molar-refractivity contribution < 1.29 is 9.59 Å². The smallest absolute Gasteiger partial charge is 0.308 e. The Balaban J connectivity index is 2.09. The van der Waals surface area contributed by atoms with Crippen LogP contribution < -0.4 is 10.6 Å². The minimum Gasteiger partial charge on any atom is -0.308 e. The number of aryl methyl sites for hydroxylation is 1. The number of carbonyl (C=O) groups is 2. The molecule has 0 fully saturated rings. The lowest BCUT2D eigenvalue weighted by molar-refractivity contribution is 0.112. The number of amides is 2. The number of benzene rings is 1. The topological polar surface area (TPSA) is 76.0 Å². The van der Waals surface area contributed by atoms with E-state index < -0.39 is 0 Å². The molecule has 6 heteroatoms. The maximum absolute atomic E-state index is 12.0. The van der Waals surface area contributed by atoms with E-state index in [9.17, 15) is 9.59 Å². The summed E-state index contributed by atoms with van der Waals surface area (Å²) in [6.45, 7) is 6.18. The van der Waals surface area contributed by atoms with E-state index in [0.717, 1.165) is 12.0 Å². The van der Waals surface area contributed by atoms with Crippen LogP contribution in [0.4, 0.5) is 16.3 Å². The standard InChI is InChI=1S/C16H20N4O2/c1-16(2,3)13-9-14(20(4)19-13)18-15(22)17-12-7-5-6-11(8-12)10-21/h5-10H,1-4H3,(H2,17,18,22). The molecule has 1 aromatic carbocycles. The molecule has 0 atom stereocenters. The number of anilines is 2. The van der Waals surface area contributed by atoms with Crippen LogP contribution in [0.15, 0.2) is 30.3 Å². The number of nitrogens with one attached hydrogen (secondary N) is 2. The van der Waals surface area contributed by atoms with Crippen LogP contribution in [0.25, 0.3) is 0 Å². The first-order valence-electron chi connectivity index (χ1n) is 6.97. The van der Waals surface area contributed by atoms with Crippen molar-refractivity contribution in [3.8, 4) is 0 Å². The van der Waals surface area contributed by atoms with Crippen molar-refractivity contribution in [1.82, 2.24) is 9.78 Å². The highest BCUT2D eigenvalue weighted by atomic mass is 16.2. The normalized spacial score (nSPS) is 11.1. The van der Waals surface area contributed by atoms with E-state index >= 15 is 0 Å². The molecule has 2 N–H and O–H groups in total. The number of hydrogen-bond donors (Lipinski definition) is 2. The Labute approximate surface area is 129 Å². The van der Waals surface area contributed by atoms with Gasteiger partial charge in [0, 0.05) is 29.8 Å². The van der Waals surface area contributed by atoms with Crippen LogP contribution in [0.5, 0.6) is 0 Å². The highest BCUT2D eigenvalue weighted by Gasteiger charge is 2.19. The molecule has 0 aliphatic carbocycles. The molecule has 2 aromatic rings. The van der Waals surface area contributed by atoms with Crippen LogP contribution in [0.3, 0.4) is 0 Å². The third kappa shape index (κ3) is 3.72. The molecule has 0 radical (unpaired) electrons. The molecule has 1 aromatic heterocycles. The van der Waals surface area contributed by atoms with Crippen molar-refractivity contribution in [2.45, 2.75) is 26.2 Å². The van der Waals surface area contributed by atoms with Gasteiger partial charge in [-0.3, -0.25) is 14.8 Å². The van der Waals surface area contributed by atoms with Crippen LogP contribution in [0.1, 0.15) is 36.8 Å². The monoisotopic (exact) mass is 300 g/mol. The number of aldehydes is 1. The average molecular weight is 300 g/mol. The lowest BCUT2D eigenvalue weighted by Gasteiger charge is -2.13. The SMILES string of the molecule is Cn1nc(C(C)(C)C)cc1NC(=O)Nc1cccc(C=O)c1. The summed E-state index contributed by atoms with van der Waals surface area (Å²) in [6, 6.07) is 8.17. The summed E-state index contributed by atoms with van der Waals surface area (Å²) in [4.78, 5) is 22.8. The second kappa shape index (κ2) is 6.01. The second-order valence-electron chi connectivity index (χ2n) is 6.11. The van der Waals surface area contributed by atoms with Gasteiger partial charge in [-0.15, -0.1) is 0 Å². The summed E-state index contributed by atoms with van der Waals surface area (Å²) < 4.78 is 1.63. The van der Waals surface area contributed by atoms with Crippen molar-refractivity contribution in [3.05, 3.63) is 41.6 Å². The molecule has 0 saturated heterocycles. The highest BCUT2D eigenvalue weighted by molar-refractivity contribution is 5.99. The molecule has 116 valence electrons. The molecule has 2 rings (SSSR count). The third-order valence-corrected chi connectivity index (χ3v) is 3.17. The van der Waals surface area contributed by atoms with Gasteiger partial charge >= 0.3 is 6.03 Å². The zero-order valence-corrected chi connectivity index (χ0v) is 13.2. The van der Waals surface area contributed by atoms with Crippen LogP contribution in [-0.4, -0.2) is 22.1 Å². The first-order chi connectivity index (χ1) is 10.3. The van der Waals surface area contributed by atoms with Crippen molar-refractivity contribution in [2.24, 2.45) is 7.05 Å². The number of nitrogens with zero attached hydrogens (tertiary/aromatic N) is 2. The lowest BCUT2D eigenvalue weighted by atomic mass is 9.92. The first kappa shape index (κ1) is 15.8. The Morgan fingerprint density at radius 2 is 1.95 bits per heavy atom. The van der Waals surface area contributed by atoms with Gasteiger partial charge in [0.25, 0.3) is 0 Å². The largest absolute Gasteiger partial charge is 0.324 e. The van der Waals surface area contributed by atoms with Gasteiger partial charge in [-0.1, -0.05) is 32.9 Å². The predicted octanol–water partition coefficient (Wildman–Crippen LogP) is 3.17. The zero-order chi connectivity index (χ0) is 16.3. The van der Waals surface area contributed by atoms with Crippen molar-refractivity contribution in [3.63, 3.8) is 0 Å². The number of urea groups is 1. The van der Waals surface area contributed by atoms with Crippen LogP contribution in [0.2, 0.25) is 0 Å². The van der Waals surface area contributed by atoms with Gasteiger partial charge in [0.05, 0.1) is 5.69 Å². The van der Waals surface area contributed by atoms with E-state index in [4.69, 9.17) is 0 Å². The molecular weight excluding hydrogens is 280 g/mol. The average Bonchev–Trinajstić information content (AvgIpc) is 2.80. The molecular formula is C16H20N4O2. The Morgan fingerprint density at radius 1 is 1.23 bits per heavy atom. The lowest BCUT2D eigenvalue weighted by Crippen LogP contribution is -2.21. The minimum absolute atomic E-state index is 0.0908. The van der Waals surface area contributed by atoms with Gasteiger partial charge in [0.15, 0.2) is 0 Å². The van der Waals surface area contributed by atoms with E-state index in [1.165, 1.54) is 0 Å². The Hall–Kier alpha value is -2.63. The van der Waals surface area contributed by atoms with Crippen LogP contribution in [-0.2, 0) is 12.5 Å². The molecule has 2 amide bonds. The molecule has 1 heterocycles. The van der Waals surface area contributed by atoms with Gasteiger partial charge in [0.1, 0.15) is 12.1 Å². The highest BCUT2D eigenvalue weighted by Crippen LogP contribution is 2.23. The van der Waals surface area contributed by atoms with Crippen molar-refractivity contribution in [2.75, 3.05) is 10.6 Å². The summed E-state index contributed by atoms with van der Waals surface area (Å²) in [5.74, 6) is 0.606. The van der Waals surface area contributed by atoms with Crippen molar-refractivity contribution in [1.29, 1.82) is 0 Å². The zero-order valence-electron chi connectivity index (χ0n) is 13.2. The maximum atomic E-state index is 12.0. The third-order valence-electron chi connectivity index (χ3n) is 3.17. The summed E-state index contributed by atoms with van der Waals surface area (Å²) >= 11 is 0. The molecule has 0 aliphatic heterocycles. The number of carbonyl (C=O) groups excluding carboxylic acids is 2. The summed E-state index contributed by atoms with van der Waals surface area (Å²) in [5, 5.41) is 9.84. The van der Waals surface area contributed by atoms with Crippen LogP contribution >= 0.6 is 0 Å². The van der Waals surface area contributed by atoms with E-state index in [1.807, 2.05) is 6.07 Å². The fourth-order valence-corrected chi connectivity index (χ4v) is 1.92. The summed E-state index contributed by atoms with van der Waals surface area (Å²) in [5.41, 5.74) is 1.87. The Bertz CT molecular complexity index is 698. The fraction of sp³-hybridized carbons (Fsp3) is 0.312. The van der Waals surface area contributed by atoms with Gasteiger partial charge in [0.2, 0.25) is 0 Å². The van der Waals surface area contributed by atoms with E-state index in [2.05, 4.69) is 36.5 Å². The van der Waals surface area contributed by atoms with Gasteiger partial charge in [-0.05, 0) is 12.1 Å². The van der Waals surface area contributed by atoms with E-state index in [-0.39, 0.29) is 11.4 Å². The second-order valence-corrected chi connectivity index (χ2v) is 6.11.